The summed E-state index contributed by atoms with van der Waals surface area (Å²) in [7, 11) is -0.851. The number of hydrogen-bond donors (Lipinski definition) is 0. The Morgan fingerprint density at radius 3 is 2.76 bits per heavy atom. The molecule has 1 aromatic carbocycles. The Bertz CT molecular complexity index is 1130. The van der Waals surface area contributed by atoms with E-state index in [2.05, 4.69) is 14.2 Å². The zero-order chi connectivity index (χ0) is 24.2. The van der Waals surface area contributed by atoms with Gasteiger partial charge >= 0.3 is 15.6 Å². The fourth-order valence-electron chi connectivity index (χ4n) is 4.61. The van der Waals surface area contributed by atoms with Crippen LogP contribution in [0.1, 0.15) is 17.5 Å². The van der Waals surface area contributed by atoms with Crippen LogP contribution in [0.25, 0.3) is 0 Å². The molecule has 0 aromatic heterocycles. The quantitative estimate of drug-likeness (QED) is 0.278. The summed E-state index contributed by atoms with van der Waals surface area (Å²) in [6.45, 7) is 0.751. The molecular formula is C20H23F3N4O5S. The van der Waals surface area contributed by atoms with Gasteiger partial charge in [-0.05, 0) is 42.0 Å². The van der Waals surface area contributed by atoms with Crippen molar-refractivity contribution in [2.45, 2.75) is 23.9 Å². The first-order chi connectivity index (χ1) is 15.4. The SMILES string of the molecule is CN(C)C=NC1=NC2(C(=O)N1C)c1cc(OS(=O)(=O)C(F)(F)F)ccc1C[C@H]1CCOC[C@@H]12. The van der Waals surface area contributed by atoms with Crippen molar-refractivity contribution in [1.29, 1.82) is 0 Å². The second-order valence-corrected chi connectivity index (χ2v) is 10.0. The van der Waals surface area contributed by atoms with Gasteiger partial charge in [-0.25, -0.2) is 9.98 Å². The maximum Gasteiger partial charge on any atom is 0.534 e. The number of likely N-dealkylation sites (N-methyl/N-ethyl adjacent to an activating group) is 1. The molecule has 1 fully saturated rings. The molecule has 1 aliphatic carbocycles. The summed E-state index contributed by atoms with van der Waals surface area (Å²) in [5.41, 5.74) is -6.10. The van der Waals surface area contributed by atoms with E-state index in [4.69, 9.17) is 4.74 Å². The van der Waals surface area contributed by atoms with E-state index in [1.54, 1.807) is 19.0 Å². The van der Waals surface area contributed by atoms with Crippen LogP contribution in [0.3, 0.4) is 0 Å². The third-order valence-corrected chi connectivity index (χ3v) is 7.09. The minimum atomic E-state index is -5.87. The average molecular weight is 488 g/mol. The number of guanidine groups is 1. The fourth-order valence-corrected chi connectivity index (χ4v) is 5.06. The Hall–Kier alpha value is -2.67. The molecule has 2 aliphatic heterocycles. The van der Waals surface area contributed by atoms with Crippen molar-refractivity contribution in [2.75, 3.05) is 34.4 Å². The number of carbonyl (C=O) groups excluding carboxylic acids is 1. The topological polar surface area (TPSA) is 101 Å². The number of nitrogens with zero attached hydrogens (tertiary/aromatic N) is 4. The molecule has 0 bridgehead atoms. The molecule has 3 atom stereocenters. The van der Waals surface area contributed by atoms with Crippen LogP contribution in [0.4, 0.5) is 13.2 Å². The number of amides is 1. The standard InChI is InChI=1S/C20H23F3N4O5S/c1-26(2)11-24-18-25-19(17(28)27(18)3)15-9-14(32-33(29,30)20(21,22)23)5-4-12(15)8-13-6-7-31-10-16(13)19/h4-5,9,11,13,16H,6-8,10H2,1-3H3/t13-,16+,19?/m1/s1. The van der Waals surface area contributed by atoms with E-state index in [1.165, 1.54) is 24.4 Å². The Kier molecular flexibility index (Phi) is 5.68. The van der Waals surface area contributed by atoms with E-state index in [9.17, 15) is 26.4 Å². The van der Waals surface area contributed by atoms with Crippen LogP contribution in [0.2, 0.25) is 0 Å². The van der Waals surface area contributed by atoms with Gasteiger partial charge < -0.3 is 13.8 Å². The van der Waals surface area contributed by atoms with Crippen molar-refractivity contribution in [3.05, 3.63) is 29.3 Å². The van der Waals surface area contributed by atoms with Gasteiger partial charge in [0.1, 0.15) is 5.75 Å². The van der Waals surface area contributed by atoms with Gasteiger partial charge in [0.2, 0.25) is 5.96 Å². The van der Waals surface area contributed by atoms with Gasteiger partial charge in [0.05, 0.1) is 12.9 Å². The molecule has 1 saturated heterocycles. The predicted molar refractivity (Wildman–Crippen MR) is 112 cm³/mol. The summed E-state index contributed by atoms with van der Waals surface area (Å²) in [5.74, 6) is -1.16. The lowest BCUT2D eigenvalue weighted by Crippen LogP contribution is -2.53. The summed E-state index contributed by atoms with van der Waals surface area (Å²) in [4.78, 5) is 25.6. The summed E-state index contributed by atoms with van der Waals surface area (Å²) >= 11 is 0. The van der Waals surface area contributed by atoms with Gasteiger partial charge in [-0.2, -0.15) is 21.6 Å². The molecule has 180 valence electrons. The zero-order valence-electron chi connectivity index (χ0n) is 18.2. The highest BCUT2D eigenvalue weighted by molar-refractivity contribution is 7.88. The van der Waals surface area contributed by atoms with Crippen LogP contribution >= 0.6 is 0 Å². The van der Waals surface area contributed by atoms with E-state index in [1.807, 2.05) is 0 Å². The molecule has 0 N–H and O–H groups in total. The number of carbonyl (C=O) groups is 1. The molecule has 1 spiro atoms. The second-order valence-electron chi connectivity index (χ2n) is 8.49. The second kappa shape index (κ2) is 7.97. The zero-order valence-corrected chi connectivity index (χ0v) is 19.0. The van der Waals surface area contributed by atoms with E-state index in [0.29, 0.717) is 30.6 Å². The maximum absolute atomic E-state index is 13.6. The third kappa shape index (κ3) is 3.86. The number of rotatable bonds is 3. The van der Waals surface area contributed by atoms with Gasteiger partial charge in [-0.1, -0.05) is 6.07 Å². The molecule has 2 heterocycles. The van der Waals surface area contributed by atoms with Gasteiger partial charge in [0, 0.05) is 33.7 Å². The molecule has 0 radical (unpaired) electrons. The Labute approximate surface area is 189 Å². The van der Waals surface area contributed by atoms with Crippen molar-refractivity contribution < 1.29 is 35.3 Å². The van der Waals surface area contributed by atoms with Gasteiger partial charge in [0.15, 0.2) is 5.54 Å². The van der Waals surface area contributed by atoms with Crippen LogP contribution < -0.4 is 4.18 Å². The number of benzene rings is 1. The van der Waals surface area contributed by atoms with Crippen molar-refractivity contribution in [1.82, 2.24) is 9.80 Å². The van der Waals surface area contributed by atoms with Crippen LogP contribution in [0.15, 0.2) is 28.2 Å². The van der Waals surface area contributed by atoms with Crippen molar-refractivity contribution >= 4 is 28.3 Å². The fraction of sp³-hybridized carbons (Fsp3) is 0.550. The Balaban J connectivity index is 1.87. The average Bonchev–Trinajstić information content (AvgIpc) is 2.98. The normalized spacial score (nSPS) is 27.5. The number of fused-ring (bicyclic) bond motifs is 4. The minimum Gasteiger partial charge on any atom is -0.381 e. The minimum absolute atomic E-state index is 0.0511. The van der Waals surface area contributed by atoms with Gasteiger partial charge in [0.25, 0.3) is 5.91 Å². The molecule has 1 amide bonds. The van der Waals surface area contributed by atoms with Crippen molar-refractivity contribution in [3.63, 3.8) is 0 Å². The van der Waals surface area contributed by atoms with E-state index < -0.39 is 38.7 Å². The highest BCUT2D eigenvalue weighted by Crippen LogP contribution is 2.52. The van der Waals surface area contributed by atoms with Crippen LogP contribution in [-0.4, -0.2) is 76.3 Å². The van der Waals surface area contributed by atoms with Gasteiger partial charge in [-0.3, -0.25) is 9.69 Å². The first-order valence-electron chi connectivity index (χ1n) is 10.2. The molecule has 0 saturated carbocycles. The van der Waals surface area contributed by atoms with Gasteiger partial charge in [-0.15, -0.1) is 0 Å². The first kappa shape index (κ1) is 23.5. The van der Waals surface area contributed by atoms with Crippen LogP contribution in [0, 0.1) is 11.8 Å². The Morgan fingerprint density at radius 1 is 1.36 bits per heavy atom. The predicted octanol–water partition coefficient (Wildman–Crippen LogP) is 1.74. The lowest BCUT2D eigenvalue weighted by molar-refractivity contribution is -0.137. The number of alkyl halides is 3. The summed E-state index contributed by atoms with van der Waals surface area (Å²) < 4.78 is 71.7. The lowest BCUT2D eigenvalue weighted by Gasteiger charge is -2.46. The molecule has 3 aliphatic rings. The molecular weight excluding hydrogens is 465 g/mol. The summed E-state index contributed by atoms with van der Waals surface area (Å²) in [6.07, 6.45) is 2.73. The molecule has 4 rings (SSSR count). The third-order valence-electron chi connectivity index (χ3n) is 6.11. The molecule has 9 nitrogen and oxygen atoms in total. The van der Waals surface area contributed by atoms with Crippen molar-refractivity contribution in [3.8, 4) is 5.75 Å². The molecule has 33 heavy (non-hydrogen) atoms. The first-order valence-corrected chi connectivity index (χ1v) is 11.6. The highest BCUT2D eigenvalue weighted by atomic mass is 32.2. The maximum atomic E-state index is 13.6. The summed E-state index contributed by atoms with van der Waals surface area (Å²) in [5, 5.41) is 0. The lowest BCUT2D eigenvalue weighted by atomic mass is 9.62. The number of aliphatic imine (C=N–C) groups is 2. The molecule has 13 heteroatoms. The summed E-state index contributed by atoms with van der Waals surface area (Å²) in [6, 6.07) is 3.82. The molecule has 1 aromatic rings. The van der Waals surface area contributed by atoms with E-state index >= 15 is 0 Å². The highest BCUT2D eigenvalue weighted by Gasteiger charge is 2.59. The Morgan fingerprint density at radius 2 is 2.09 bits per heavy atom. The van der Waals surface area contributed by atoms with Crippen LogP contribution in [0.5, 0.6) is 5.75 Å². The van der Waals surface area contributed by atoms with Crippen molar-refractivity contribution in [2.24, 2.45) is 21.8 Å². The van der Waals surface area contributed by atoms with E-state index in [-0.39, 0.29) is 18.5 Å². The number of halogens is 3. The van der Waals surface area contributed by atoms with E-state index in [0.717, 1.165) is 12.1 Å². The smallest absolute Gasteiger partial charge is 0.381 e. The monoisotopic (exact) mass is 488 g/mol. The number of hydrogen-bond acceptors (Lipinski definition) is 7. The molecule has 1 unspecified atom stereocenters. The van der Waals surface area contributed by atoms with Crippen LogP contribution in [-0.2, 0) is 31.6 Å². The number of ether oxygens (including phenoxy) is 1. The largest absolute Gasteiger partial charge is 0.534 e.